The molecule has 21 heavy (non-hydrogen) atoms. The molecule has 2 nitrogen and oxygen atoms in total. The Hall–Kier alpha value is -1.11. The second kappa shape index (κ2) is 6.34. The van der Waals surface area contributed by atoms with Crippen molar-refractivity contribution in [1.82, 2.24) is 10.3 Å². The Bertz CT molecular complexity index is 646. The molecule has 1 atom stereocenters. The fourth-order valence-electron chi connectivity index (χ4n) is 2.11. The first-order chi connectivity index (χ1) is 9.84. The number of nitrogens with one attached hydrogen (secondary N) is 1. The average Bonchev–Trinajstić information content (AvgIpc) is 2.41. The lowest BCUT2D eigenvalue weighted by atomic mass is 9.96. The number of hydrogen-bond acceptors (Lipinski definition) is 2. The monoisotopic (exact) mass is 378 g/mol. The van der Waals surface area contributed by atoms with E-state index in [1.54, 1.807) is 25.2 Å². The number of pyridine rings is 1. The highest BCUT2D eigenvalue weighted by molar-refractivity contribution is 9.10. The zero-order chi connectivity index (χ0) is 15.6. The van der Waals surface area contributed by atoms with Crippen LogP contribution in [0.15, 0.2) is 41.1 Å². The first-order valence-electron chi connectivity index (χ1n) is 5.98. The molecule has 1 aromatic carbocycles. The number of halogens is 5. The van der Waals surface area contributed by atoms with Crippen LogP contribution in [-0.4, -0.2) is 12.0 Å². The Morgan fingerprint density at radius 3 is 2.52 bits per heavy atom. The van der Waals surface area contributed by atoms with Gasteiger partial charge in [0.25, 0.3) is 0 Å². The smallest absolute Gasteiger partial charge is 0.309 e. The van der Waals surface area contributed by atoms with Crippen LogP contribution in [0.4, 0.5) is 13.2 Å². The van der Waals surface area contributed by atoms with Crippen molar-refractivity contribution in [2.24, 2.45) is 0 Å². The molecule has 0 amide bonds. The summed E-state index contributed by atoms with van der Waals surface area (Å²) in [6.45, 7) is 0. The predicted octanol–water partition coefficient (Wildman–Crippen LogP) is 4.83. The molecule has 0 bridgehead atoms. The van der Waals surface area contributed by atoms with Crippen molar-refractivity contribution in [2.75, 3.05) is 7.05 Å². The van der Waals surface area contributed by atoms with Gasteiger partial charge in [-0.2, -0.15) is 13.2 Å². The van der Waals surface area contributed by atoms with Gasteiger partial charge < -0.3 is 5.32 Å². The van der Waals surface area contributed by atoms with Crippen molar-refractivity contribution in [2.45, 2.75) is 12.2 Å². The molecule has 2 aromatic rings. The third-order valence-electron chi connectivity index (χ3n) is 3.03. The van der Waals surface area contributed by atoms with E-state index >= 15 is 0 Å². The minimum atomic E-state index is -4.45. The SMILES string of the molecule is CNC(c1ccc(Br)cc1Cl)c1cnccc1C(F)(F)F. The van der Waals surface area contributed by atoms with Crippen LogP contribution in [0.3, 0.4) is 0 Å². The summed E-state index contributed by atoms with van der Waals surface area (Å²) < 4.78 is 40.1. The molecule has 0 aliphatic rings. The lowest BCUT2D eigenvalue weighted by molar-refractivity contribution is -0.138. The van der Waals surface area contributed by atoms with Gasteiger partial charge in [-0.3, -0.25) is 4.98 Å². The molecule has 1 aromatic heterocycles. The van der Waals surface area contributed by atoms with Crippen molar-refractivity contribution in [3.8, 4) is 0 Å². The Morgan fingerprint density at radius 2 is 1.95 bits per heavy atom. The van der Waals surface area contributed by atoms with Gasteiger partial charge in [0.1, 0.15) is 0 Å². The van der Waals surface area contributed by atoms with E-state index in [-0.39, 0.29) is 5.56 Å². The van der Waals surface area contributed by atoms with E-state index in [1.807, 2.05) is 0 Å². The highest BCUT2D eigenvalue weighted by Gasteiger charge is 2.35. The molecule has 112 valence electrons. The number of alkyl halides is 3. The second-order valence-corrected chi connectivity index (χ2v) is 5.67. The van der Waals surface area contributed by atoms with Gasteiger partial charge in [-0.05, 0) is 30.8 Å². The van der Waals surface area contributed by atoms with Crippen LogP contribution in [0.1, 0.15) is 22.7 Å². The normalized spacial score (nSPS) is 13.2. The fourth-order valence-corrected chi connectivity index (χ4v) is 2.89. The Balaban J connectivity index is 2.57. The summed E-state index contributed by atoms with van der Waals surface area (Å²) >= 11 is 9.42. The lowest BCUT2D eigenvalue weighted by Crippen LogP contribution is -2.22. The predicted molar refractivity (Wildman–Crippen MR) is 79.3 cm³/mol. The van der Waals surface area contributed by atoms with Gasteiger partial charge in [0.2, 0.25) is 0 Å². The van der Waals surface area contributed by atoms with Gasteiger partial charge in [0.05, 0.1) is 11.6 Å². The number of hydrogen-bond donors (Lipinski definition) is 1. The van der Waals surface area contributed by atoms with Crippen LogP contribution in [0.25, 0.3) is 0 Å². The Kier molecular flexibility index (Phi) is 4.91. The van der Waals surface area contributed by atoms with Gasteiger partial charge in [-0.25, -0.2) is 0 Å². The van der Waals surface area contributed by atoms with E-state index in [0.717, 1.165) is 16.7 Å². The summed E-state index contributed by atoms with van der Waals surface area (Å²) in [7, 11) is 1.58. The van der Waals surface area contributed by atoms with Crippen LogP contribution >= 0.6 is 27.5 Å². The molecule has 0 saturated heterocycles. The summed E-state index contributed by atoms with van der Waals surface area (Å²) in [5.74, 6) is 0. The van der Waals surface area contributed by atoms with E-state index in [9.17, 15) is 13.2 Å². The highest BCUT2D eigenvalue weighted by atomic mass is 79.9. The van der Waals surface area contributed by atoms with E-state index < -0.39 is 17.8 Å². The number of benzene rings is 1. The van der Waals surface area contributed by atoms with Crippen molar-refractivity contribution in [3.63, 3.8) is 0 Å². The van der Waals surface area contributed by atoms with E-state index in [2.05, 4.69) is 26.2 Å². The number of aromatic nitrogens is 1. The molecule has 1 unspecified atom stereocenters. The van der Waals surface area contributed by atoms with Crippen molar-refractivity contribution >= 4 is 27.5 Å². The summed E-state index contributed by atoms with van der Waals surface area (Å²) in [5, 5.41) is 3.24. The molecule has 1 heterocycles. The topological polar surface area (TPSA) is 24.9 Å². The van der Waals surface area contributed by atoms with Gasteiger partial charge >= 0.3 is 6.18 Å². The maximum atomic E-state index is 13.1. The molecule has 0 radical (unpaired) electrons. The molecule has 7 heteroatoms. The Labute approximate surface area is 133 Å². The van der Waals surface area contributed by atoms with Gasteiger partial charge in [-0.15, -0.1) is 0 Å². The molecule has 0 aliphatic heterocycles. The van der Waals surface area contributed by atoms with Crippen LogP contribution < -0.4 is 5.32 Å². The van der Waals surface area contributed by atoms with E-state index in [1.165, 1.54) is 6.20 Å². The van der Waals surface area contributed by atoms with Crippen molar-refractivity contribution in [3.05, 3.63) is 62.8 Å². The molecule has 0 spiro atoms. The maximum Gasteiger partial charge on any atom is 0.416 e. The maximum absolute atomic E-state index is 13.1. The standard InChI is InChI=1S/C14H11BrClF3N2/c1-20-13(9-3-2-8(15)6-12(9)16)10-7-21-5-4-11(10)14(17,18)19/h2-7,13,20H,1H3. The largest absolute Gasteiger partial charge is 0.416 e. The Morgan fingerprint density at radius 1 is 1.24 bits per heavy atom. The van der Waals surface area contributed by atoms with E-state index in [0.29, 0.717) is 10.6 Å². The summed E-state index contributed by atoms with van der Waals surface area (Å²) in [4.78, 5) is 3.81. The van der Waals surface area contributed by atoms with Crippen LogP contribution in [0.2, 0.25) is 5.02 Å². The fraction of sp³-hybridized carbons (Fsp3) is 0.214. The summed E-state index contributed by atoms with van der Waals surface area (Å²) in [5.41, 5.74) is -0.131. The van der Waals surface area contributed by atoms with Crippen molar-refractivity contribution in [1.29, 1.82) is 0 Å². The highest BCUT2D eigenvalue weighted by Crippen LogP contribution is 2.38. The third-order valence-corrected chi connectivity index (χ3v) is 3.85. The average molecular weight is 380 g/mol. The van der Waals surface area contributed by atoms with Gasteiger partial charge in [0, 0.05) is 27.5 Å². The molecule has 0 saturated carbocycles. The molecular formula is C14H11BrClF3N2. The summed E-state index contributed by atoms with van der Waals surface area (Å²) in [6.07, 6.45) is -2.11. The molecule has 0 aliphatic carbocycles. The van der Waals surface area contributed by atoms with Crippen LogP contribution in [0.5, 0.6) is 0 Å². The van der Waals surface area contributed by atoms with Crippen LogP contribution in [-0.2, 0) is 6.18 Å². The zero-order valence-electron chi connectivity index (χ0n) is 10.9. The molecule has 2 rings (SSSR count). The lowest BCUT2D eigenvalue weighted by Gasteiger charge is -2.22. The third kappa shape index (κ3) is 3.56. The minimum absolute atomic E-state index is 0.0386. The van der Waals surface area contributed by atoms with Crippen molar-refractivity contribution < 1.29 is 13.2 Å². The quantitative estimate of drug-likeness (QED) is 0.826. The molecule has 0 fully saturated rings. The number of rotatable bonds is 3. The molecular weight excluding hydrogens is 369 g/mol. The minimum Gasteiger partial charge on any atom is -0.309 e. The van der Waals surface area contributed by atoms with Crippen LogP contribution in [0, 0.1) is 0 Å². The first-order valence-corrected chi connectivity index (χ1v) is 7.15. The zero-order valence-corrected chi connectivity index (χ0v) is 13.2. The van der Waals surface area contributed by atoms with E-state index in [4.69, 9.17) is 11.6 Å². The second-order valence-electron chi connectivity index (χ2n) is 4.35. The van der Waals surface area contributed by atoms with Gasteiger partial charge in [0.15, 0.2) is 0 Å². The first kappa shape index (κ1) is 16.3. The number of nitrogens with zero attached hydrogens (tertiary/aromatic N) is 1. The molecule has 1 N–H and O–H groups in total. The van der Waals surface area contributed by atoms with Gasteiger partial charge in [-0.1, -0.05) is 33.6 Å². The summed E-state index contributed by atoms with van der Waals surface area (Å²) in [6, 6.07) is 5.32.